The molecule has 0 unspecified atom stereocenters. The first kappa shape index (κ1) is 18.6. The third-order valence-corrected chi connectivity index (χ3v) is 5.13. The Bertz CT molecular complexity index is 398. The van der Waals surface area contributed by atoms with E-state index in [-0.39, 0.29) is 17.6 Å². The summed E-state index contributed by atoms with van der Waals surface area (Å²) in [5.74, 6) is -0.372. The van der Waals surface area contributed by atoms with Gasteiger partial charge in [-0.05, 0) is 46.0 Å². The first-order valence-electron chi connectivity index (χ1n) is 6.52. The van der Waals surface area contributed by atoms with Crippen LogP contribution in [-0.2, 0) is 9.36 Å². The molecule has 0 amide bonds. The Kier molecular flexibility index (Phi) is 6.19. The van der Waals surface area contributed by atoms with Crippen LogP contribution < -0.4 is 0 Å². The molecule has 112 valence electrons. The zero-order valence-electron chi connectivity index (χ0n) is 12.9. The Labute approximate surface area is 116 Å². The fourth-order valence-corrected chi connectivity index (χ4v) is 2.06. The van der Waals surface area contributed by atoms with E-state index in [0.717, 1.165) is 12.8 Å². The maximum atomic E-state index is 12.1. The zero-order valence-corrected chi connectivity index (χ0v) is 13.8. The van der Waals surface area contributed by atoms with Crippen molar-refractivity contribution in [2.75, 3.05) is 0 Å². The summed E-state index contributed by atoms with van der Waals surface area (Å²) in [6, 6.07) is 0. The highest BCUT2D eigenvalue weighted by Crippen LogP contribution is 2.52. The van der Waals surface area contributed by atoms with Gasteiger partial charge in [-0.25, -0.2) is 0 Å². The van der Waals surface area contributed by atoms with Gasteiger partial charge in [0.1, 0.15) is 5.16 Å². The molecule has 0 spiro atoms. The standard InChI is InChI=1S/C14H27O4P/c1-11(2)8-7-9-13(3,4)10-12(15)14(5,6)19(16,17)18/h8H,7,9-10H2,1-6H3,(H2,16,17,18). The SMILES string of the molecule is CC(C)=CCCC(C)(C)CC(=O)C(C)(C)P(=O)(O)O. The smallest absolute Gasteiger partial charge is 0.324 e. The number of allylic oxidation sites excluding steroid dienone is 2. The predicted octanol–water partition coefficient (Wildman–Crippen LogP) is 3.67. The summed E-state index contributed by atoms with van der Waals surface area (Å²) < 4.78 is 11.3. The average Bonchev–Trinajstić information content (AvgIpc) is 2.13. The van der Waals surface area contributed by atoms with Crippen LogP contribution in [-0.4, -0.2) is 20.7 Å². The minimum absolute atomic E-state index is 0.182. The van der Waals surface area contributed by atoms with Crippen molar-refractivity contribution in [1.29, 1.82) is 0 Å². The summed E-state index contributed by atoms with van der Waals surface area (Å²) in [6.45, 7) is 10.6. The third-order valence-electron chi connectivity index (χ3n) is 3.42. The lowest BCUT2D eigenvalue weighted by Crippen LogP contribution is -2.35. The number of carbonyl (C=O) groups excluding carboxylic acids is 1. The van der Waals surface area contributed by atoms with Gasteiger partial charge in [0.15, 0.2) is 5.78 Å². The normalized spacial score (nSPS) is 13.3. The van der Waals surface area contributed by atoms with Crippen molar-refractivity contribution < 1.29 is 19.1 Å². The van der Waals surface area contributed by atoms with Gasteiger partial charge in [0.05, 0.1) is 0 Å². The topological polar surface area (TPSA) is 74.6 Å². The number of hydrogen-bond donors (Lipinski definition) is 2. The molecule has 0 fully saturated rings. The molecule has 0 heterocycles. The second kappa shape index (κ2) is 6.34. The van der Waals surface area contributed by atoms with Gasteiger partial charge in [-0.15, -0.1) is 0 Å². The Morgan fingerprint density at radius 1 is 1.16 bits per heavy atom. The average molecular weight is 290 g/mol. The van der Waals surface area contributed by atoms with Gasteiger partial charge in [0, 0.05) is 6.42 Å². The highest BCUT2D eigenvalue weighted by atomic mass is 31.2. The molecule has 19 heavy (non-hydrogen) atoms. The van der Waals surface area contributed by atoms with Crippen LogP contribution in [0, 0.1) is 5.41 Å². The number of ketones is 1. The van der Waals surface area contributed by atoms with Gasteiger partial charge in [-0.3, -0.25) is 9.36 Å². The van der Waals surface area contributed by atoms with Crippen molar-refractivity contribution in [2.24, 2.45) is 5.41 Å². The van der Waals surface area contributed by atoms with E-state index in [9.17, 15) is 19.1 Å². The maximum absolute atomic E-state index is 12.1. The van der Waals surface area contributed by atoms with Crippen LogP contribution in [0.5, 0.6) is 0 Å². The fourth-order valence-electron chi connectivity index (χ4n) is 1.65. The molecule has 5 heteroatoms. The summed E-state index contributed by atoms with van der Waals surface area (Å²) in [6.07, 6.45) is 3.99. The van der Waals surface area contributed by atoms with Crippen LogP contribution >= 0.6 is 7.60 Å². The summed E-state index contributed by atoms with van der Waals surface area (Å²) in [5, 5.41) is -1.60. The van der Waals surface area contributed by atoms with Gasteiger partial charge in [-0.2, -0.15) is 0 Å². The van der Waals surface area contributed by atoms with Crippen molar-refractivity contribution in [3.8, 4) is 0 Å². The Morgan fingerprint density at radius 2 is 1.63 bits per heavy atom. The van der Waals surface area contributed by atoms with Crippen molar-refractivity contribution in [1.82, 2.24) is 0 Å². The Hall–Kier alpha value is -0.440. The van der Waals surface area contributed by atoms with E-state index in [1.165, 1.54) is 19.4 Å². The van der Waals surface area contributed by atoms with Gasteiger partial charge in [0.25, 0.3) is 0 Å². The van der Waals surface area contributed by atoms with Crippen LogP contribution in [0.15, 0.2) is 11.6 Å². The van der Waals surface area contributed by atoms with Crippen LogP contribution in [0.3, 0.4) is 0 Å². The molecule has 0 aliphatic rings. The van der Waals surface area contributed by atoms with E-state index in [0.29, 0.717) is 0 Å². The minimum Gasteiger partial charge on any atom is -0.324 e. The number of rotatable bonds is 7. The minimum atomic E-state index is -4.41. The molecule has 0 saturated carbocycles. The van der Waals surface area contributed by atoms with E-state index < -0.39 is 12.8 Å². The molecule has 0 saturated heterocycles. The molecule has 0 aromatic rings. The first-order chi connectivity index (χ1) is 8.29. The molecular formula is C14H27O4P. The number of Topliss-reactive ketones (excluding diaryl/α,β-unsaturated/α-hetero) is 1. The van der Waals surface area contributed by atoms with E-state index in [1.54, 1.807) is 0 Å². The molecule has 0 aromatic carbocycles. The van der Waals surface area contributed by atoms with Crippen LogP contribution in [0.2, 0.25) is 0 Å². The van der Waals surface area contributed by atoms with E-state index in [2.05, 4.69) is 6.08 Å². The van der Waals surface area contributed by atoms with Gasteiger partial charge < -0.3 is 9.79 Å². The lowest BCUT2D eigenvalue weighted by molar-refractivity contribution is -0.123. The van der Waals surface area contributed by atoms with Gasteiger partial charge in [-0.1, -0.05) is 25.5 Å². The number of hydrogen-bond acceptors (Lipinski definition) is 2. The highest BCUT2D eigenvalue weighted by Gasteiger charge is 2.45. The second-order valence-corrected chi connectivity index (χ2v) is 8.89. The van der Waals surface area contributed by atoms with Gasteiger partial charge >= 0.3 is 7.60 Å². The van der Waals surface area contributed by atoms with Crippen molar-refractivity contribution >= 4 is 13.4 Å². The van der Waals surface area contributed by atoms with Crippen LogP contribution in [0.1, 0.15) is 60.8 Å². The van der Waals surface area contributed by atoms with Crippen molar-refractivity contribution in [3.63, 3.8) is 0 Å². The summed E-state index contributed by atoms with van der Waals surface area (Å²) in [5.41, 5.74) is 0.979. The third kappa shape index (κ3) is 6.03. The van der Waals surface area contributed by atoms with E-state index >= 15 is 0 Å². The zero-order chi connectivity index (χ0) is 15.5. The van der Waals surface area contributed by atoms with E-state index in [1.807, 2.05) is 27.7 Å². The molecule has 0 bridgehead atoms. The largest absolute Gasteiger partial charge is 0.338 e. The van der Waals surface area contributed by atoms with Crippen molar-refractivity contribution in [2.45, 2.75) is 66.0 Å². The summed E-state index contributed by atoms with van der Waals surface area (Å²) in [4.78, 5) is 30.6. The molecule has 4 nitrogen and oxygen atoms in total. The lowest BCUT2D eigenvalue weighted by Gasteiger charge is -2.30. The molecule has 2 N–H and O–H groups in total. The number of carbonyl (C=O) groups is 1. The Morgan fingerprint density at radius 3 is 2.00 bits per heavy atom. The quantitative estimate of drug-likeness (QED) is 0.554. The van der Waals surface area contributed by atoms with E-state index in [4.69, 9.17) is 0 Å². The summed E-state index contributed by atoms with van der Waals surface area (Å²) in [7, 11) is -4.41. The monoisotopic (exact) mass is 290 g/mol. The molecular weight excluding hydrogens is 263 g/mol. The lowest BCUT2D eigenvalue weighted by atomic mass is 9.80. The fraction of sp³-hybridized carbons (Fsp3) is 0.786. The van der Waals surface area contributed by atoms with Gasteiger partial charge in [0.2, 0.25) is 0 Å². The Balaban J connectivity index is 4.71. The molecule has 0 atom stereocenters. The summed E-state index contributed by atoms with van der Waals surface area (Å²) >= 11 is 0. The highest BCUT2D eigenvalue weighted by molar-refractivity contribution is 7.54. The first-order valence-corrected chi connectivity index (χ1v) is 8.13. The van der Waals surface area contributed by atoms with Crippen LogP contribution in [0.4, 0.5) is 0 Å². The predicted molar refractivity (Wildman–Crippen MR) is 78.2 cm³/mol. The molecule has 0 radical (unpaired) electrons. The molecule has 0 aromatic heterocycles. The maximum Gasteiger partial charge on any atom is 0.338 e. The second-order valence-electron chi connectivity index (χ2n) is 6.69. The molecule has 0 aliphatic carbocycles. The molecule has 0 rings (SSSR count). The van der Waals surface area contributed by atoms with Crippen molar-refractivity contribution in [3.05, 3.63) is 11.6 Å². The molecule has 0 aliphatic heterocycles. The van der Waals surface area contributed by atoms with Crippen LogP contribution in [0.25, 0.3) is 0 Å².